The topological polar surface area (TPSA) is 90.5 Å². The van der Waals surface area contributed by atoms with Crippen molar-refractivity contribution in [1.82, 2.24) is 5.32 Å². The molecule has 6 nitrogen and oxygen atoms in total. The van der Waals surface area contributed by atoms with Crippen molar-refractivity contribution in [2.24, 2.45) is 0 Å². The lowest BCUT2D eigenvalue weighted by Gasteiger charge is -2.15. The van der Waals surface area contributed by atoms with Crippen LogP contribution in [0.25, 0.3) is 0 Å². The van der Waals surface area contributed by atoms with Crippen molar-refractivity contribution in [2.45, 2.75) is 33.3 Å². The highest BCUT2D eigenvalue weighted by Gasteiger charge is 2.11. The average molecular weight is 385 g/mol. The molecule has 1 atom stereocenters. The number of benzene rings is 2. The SMILES string of the molecule is CC[C@H](C)Oc1ccc(C(=O)NC(=S)Nc2cccc(C(=O)[O-])c2C)cc1. The van der Waals surface area contributed by atoms with Crippen LogP contribution in [0.1, 0.15) is 46.5 Å². The van der Waals surface area contributed by atoms with Crippen LogP contribution < -0.4 is 20.5 Å². The Morgan fingerprint density at radius 1 is 1.19 bits per heavy atom. The molecular weight excluding hydrogens is 364 g/mol. The fraction of sp³-hybridized carbons (Fsp3) is 0.250. The molecule has 0 heterocycles. The molecule has 0 bridgehead atoms. The number of carbonyl (C=O) groups is 2. The number of ether oxygens (including phenoxy) is 1. The molecule has 0 saturated carbocycles. The van der Waals surface area contributed by atoms with E-state index in [2.05, 4.69) is 10.6 Å². The van der Waals surface area contributed by atoms with Gasteiger partial charge >= 0.3 is 0 Å². The lowest BCUT2D eigenvalue weighted by molar-refractivity contribution is -0.255. The number of hydrogen-bond acceptors (Lipinski definition) is 5. The van der Waals surface area contributed by atoms with Crippen molar-refractivity contribution in [1.29, 1.82) is 0 Å². The second-order valence-electron chi connectivity index (χ2n) is 6.03. The molecule has 0 aliphatic rings. The molecule has 2 rings (SSSR count). The Hall–Kier alpha value is -2.93. The Morgan fingerprint density at radius 2 is 1.85 bits per heavy atom. The zero-order chi connectivity index (χ0) is 20.0. The third-order valence-electron chi connectivity index (χ3n) is 4.06. The lowest BCUT2D eigenvalue weighted by atomic mass is 10.1. The minimum Gasteiger partial charge on any atom is -0.545 e. The number of carbonyl (C=O) groups excluding carboxylic acids is 2. The highest BCUT2D eigenvalue weighted by molar-refractivity contribution is 7.80. The van der Waals surface area contributed by atoms with Gasteiger partial charge in [0.25, 0.3) is 5.91 Å². The molecule has 2 aromatic rings. The fourth-order valence-corrected chi connectivity index (χ4v) is 2.52. The summed E-state index contributed by atoms with van der Waals surface area (Å²) in [6, 6.07) is 11.4. The molecule has 2 N–H and O–H groups in total. The molecule has 142 valence electrons. The van der Waals surface area contributed by atoms with Gasteiger partial charge in [-0.15, -0.1) is 0 Å². The predicted molar refractivity (Wildman–Crippen MR) is 106 cm³/mol. The molecule has 1 amide bonds. The Balaban J connectivity index is 2.01. The third-order valence-corrected chi connectivity index (χ3v) is 4.26. The average Bonchev–Trinajstić information content (AvgIpc) is 2.63. The molecule has 7 heteroatoms. The maximum Gasteiger partial charge on any atom is 0.257 e. The predicted octanol–water partition coefficient (Wildman–Crippen LogP) is 2.66. The van der Waals surface area contributed by atoms with Gasteiger partial charge < -0.3 is 20.0 Å². The van der Waals surface area contributed by atoms with Crippen molar-refractivity contribution in [3.63, 3.8) is 0 Å². The number of aromatic carboxylic acids is 1. The van der Waals surface area contributed by atoms with E-state index in [1.165, 1.54) is 6.07 Å². The number of thiocarbonyl (C=S) groups is 1. The van der Waals surface area contributed by atoms with Crippen molar-refractivity contribution in [3.05, 3.63) is 59.2 Å². The van der Waals surface area contributed by atoms with Gasteiger partial charge in [-0.1, -0.05) is 19.1 Å². The number of nitrogens with one attached hydrogen (secondary N) is 2. The quantitative estimate of drug-likeness (QED) is 0.743. The number of anilines is 1. The minimum atomic E-state index is -1.27. The number of carboxylic acid groups (broad SMARTS) is 1. The maximum absolute atomic E-state index is 12.3. The largest absolute Gasteiger partial charge is 0.545 e. The smallest absolute Gasteiger partial charge is 0.257 e. The van der Waals surface area contributed by atoms with E-state index in [0.29, 0.717) is 22.6 Å². The Labute approximate surface area is 163 Å². The van der Waals surface area contributed by atoms with Crippen LogP contribution in [-0.2, 0) is 0 Å². The molecule has 0 aliphatic carbocycles. The van der Waals surface area contributed by atoms with Gasteiger partial charge in [0, 0.05) is 16.8 Å². The number of carboxylic acids is 1. The maximum atomic E-state index is 12.3. The molecule has 2 aromatic carbocycles. The van der Waals surface area contributed by atoms with Crippen LogP contribution in [0.3, 0.4) is 0 Å². The first kappa shape index (κ1) is 20.4. The van der Waals surface area contributed by atoms with E-state index in [0.717, 1.165) is 6.42 Å². The summed E-state index contributed by atoms with van der Waals surface area (Å²) in [6.07, 6.45) is 0.988. The highest BCUT2D eigenvalue weighted by atomic mass is 32.1. The normalized spacial score (nSPS) is 11.4. The van der Waals surface area contributed by atoms with E-state index < -0.39 is 5.97 Å². The van der Waals surface area contributed by atoms with Gasteiger partial charge in [-0.2, -0.15) is 0 Å². The fourth-order valence-electron chi connectivity index (χ4n) is 2.32. The monoisotopic (exact) mass is 385 g/mol. The van der Waals surface area contributed by atoms with Gasteiger partial charge in [0.05, 0.1) is 12.1 Å². The lowest BCUT2D eigenvalue weighted by Crippen LogP contribution is -2.34. The molecular formula is C20H21N2O4S-. The van der Waals surface area contributed by atoms with E-state index in [-0.39, 0.29) is 22.7 Å². The van der Waals surface area contributed by atoms with Crippen LogP contribution in [0.15, 0.2) is 42.5 Å². The molecule has 27 heavy (non-hydrogen) atoms. The summed E-state index contributed by atoms with van der Waals surface area (Å²) in [5.74, 6) is -0.960. The first-order chi connectivity index (χ1) is 12.8. The van der Waals surface area contributed by atoms with Crippen LogP contribution in [0, 0.1) is 6.92 Å². The van der Waals surface area contributed by atoms with Gasteiger partial charge in [-0.3, -0.25) is 10.1 Å². The summed E-state index contributed by atoms with van der Waals surface area (Å²) in [5, 5.41) is 16.6. The van der Waals surface area contributed by atoms with E-state index in [1.807, 2.05) is 13.8 Å². The van der Waals surface area contributed by atoms with E-state index in [9.17, 15) is 14.7 Å². The van der Waals surface area contributed by atoms with E-state index in [1.54, 1.807) is 43.3 Å². The summed E-state index contributed by atoms with van der Waals surface area (Å²) in [6.45, 7) is 5.64. The molecule has 0 fully saturated rings. The van der Waals surface area contributed by atoms with Crippen LogP contribution in [0.4, 0.5) is 5.69 Å². The van der Waals surface area contributed by atoms with E-state index >= 15 is 0 Å². The summed E-state index contributed by atoms with van der Waals surface area (Å²) < 4.78 is 5.68. The van der Waals surface area contributed by atoms with Crippen LogP contribution in [0.2, 0.25) is 0 Å². The standard InChI is InChI=1S/C20H22N2O4S/c1-4-12(2)26-15-10-8-14(9-11-15)18(23)22-20(27)21-17-7-5-6-16(13(17)3)19(24)25/h5-12H,4H2,1-3H3,(H,24,25)(H2,21,22,23,27)/p-1/t12-/m0/s1. The summed E-state index contributed by atoms with van der Waals surface area (Å²) >= 11 is 5.15. The van der Waals surface area contributed by atoms with Gasteiger partial charge in [0.2, 0.25) is 0 Å². The highest BCUT2D eigenvalue weighted by Crippen LogP contribution is 2.18. The van der Waals surface area contributed by atoms with Crippen LogP contribution in [0.5, 0.6) is 5.75 Å². The van der Waals surface area contributed by atoms with Crippen molar-refractivity contribution in [3.8, 4) is 5.75 Å². The molecule has 0 unspecified atom stereocenters. The van der Waals surface area contributed by atoms with Crippen molar-refractivity contribution >= 4 is 34.9 Å². The second-order valence-corrected chi connectivity index (χ2v) is 6.44. The summed E-state index contributed by atoms with van der Waals surface area (Å²) in [5.41, 5.74) is 1.45. The molecule has 0 aliphatic heterocycles. The van der Waals surface area contributed by atoms with Gasteiger partial charge in [-0.25, -0.2) is 0 Å². The number of rotatable bonds is 6. The summed E-state index contributed by atoms with van der Waals surface area (Å²) in [4.78, 5) is 23.4. The van der Waals surface area contributed by atoms with Crippen molar-refractivity contribution in [2.75, 3.05) is 5.32 Å². The first-order valence-corrected chi connectivity index (χ1v) is 8.92. The van der Waals surface area contributed by atoms with Gasteiger partial charge in [-0.05, 0) is 68.4 Å². The molecule has 0 aromatic heterocycles. The van der Waals surface area contributed by atoms with Crippen LogP contribution >= 0.6 is 12.2 Å². The second kappa shape index (κ2) is 9.14. The van der Waals surface area contributed by atoms with E-state index in [4.69, 9.17) is 17.0 Å². The van der Waals surface area contributed by atoms with Gasteiger partial charge in [0.1, 0.15) is 5.75 Å². The zero-order valence-corrected chi connectivity index (χ0v) is 16.2. The molecule has 0 saturated heterocycles. The summed E-state index contributed by atoms with van der Waals surface area (Å²) in [7, 11) is 0. The Morgan fingerprint density at radius 3 is 2.44 bits per heavy atom. The third kappa shape index (κ3) is 5.52. The Kier molecular flexibility index (Phi) is 6.90. The molecule has 0 spiro atoms. The van der Waals surface area contributed by atoms with Crippen LogP contribution in [-0.4, -0.2) is 23.1 Å². The van der Waals surface area contributed by atoms with Gasteiger partial charge in [0.15, 0.2) is 5.11 Å². The minimum absolute atomic E-state index is 0.0611. The van der Waals surface area contributed by atoms with Crippen molar-refractivity contribution < 1.29 is 19.4 Å². The molecule has 0 radical (unpaired) electrons. The first-order valence-electron chi connectivity index (χ1n) is 8.51. The number of hydrogen-bond donors (Lipinski definition) is 2. The zero-order valence-electron chi connectivity index (χ0n) is 15.4. The Bertz CT molecular complexity index is 850. The number of amides is 1.